The van der Waals surface area contributed by atoms with E-state index in [0.29, 0.717) is 54.0 Å². The van der Waals surface area contributed by atoms with Gasteiger partial charge in [-0.05, 0) is 31.2 Å². The van der Waals surface area contributed by atoms with Gasteiger partial charge in [0.05, 0.1) is 16.6 Å². The van der Waals surface area contributed by atoms with Crippen molar-refractivity contribution in [2.75, 3.05) is 19.7 Å². The van der Waals surface area contributed by atoms with Gasteiger partial charge in [0, 0.05) is 23.4 Å². The van der Waals surface area contributed by atoms with Crippen molar-refractivity contribution < 1.29 is 9.53 Å². The average molecular weight is 411 g/mol. The highest BCUT2D eigenvalue weighted by Crippen LogP contribution is 2.27. The normalized spacial score (nSPS) is 10.1. The van der Waals surface area contributed by atoms with Crippen LogP contribution in [0, 0.1) is 0 Å². The monoisotopic (exact) mass is 409 g/mol. The molecule has 0 unspecified atom stereocenters. The number of aromatic nitrogens is 1. The molecule has 0 aliphatic heterocycles. The number of hydrogen-bond donors (Lipinski definition) is 2. The minimum Gasteiger partial charge on any atom is -0.492 e. The number of nitrogens with one attached hydrogen (secondary N) is 1. The van der Waals surface area contributed by atoms with Crippen LogP contribution in [0.1, 0.15) is 21.9 Å². The standard InChI is InChI=1S/C15H17Cl2N3O2S.ClH/c16-10-2-3-13(11(17)8-10)22-7-1-6-19-15(21)12-9-23-14(20-12)4-5-18;/h2-3,8-9H,1,4-7,18H2,(H,19,21);1H. The van der Waals surface area contributed by atoms with Crippen molar-refractivity contribution in [1.29, 1.82) is 0 Å². The van der Waals surface area contributed by atoms with Crippen LogP contribution < -0.4 is 15.8 Å². The number of thiazole rings is 1. The summed E-state index contributed by atoms with van der Waals surface area (Å²) in [5.74, 6) is 0.391. The molecule has 0 aliphatic carbocycles. The van der Waals surface area contributed by atoms with Crippen molar-refractivity contribution in [3.8, 4) is 5.75 Å². The van der Waals surface area contributed by atoms with E-state index >= 15 is 0 Å². The van der Waals surface area contributed by atoms with Crippen molar-refractivity contribution in [2.45, 2.75) is 12.8 Å². The Morgan fingerprint density at radius 2 is 2.17 bits per heavy atom. The second kappa shape index (κ2) is 10.7. The Bertz CT molecular complexity index is 667. The predicted molar refractivity (Wildman–Crippen MR) is 101 cm³/mol. The summed E-state index contributed by atoms with van der Waals surface area (Å²) in [6, 6.07) is 5.06. The van der Waals surface area contributed by atoms with Gasteiger partial charge in [0.25, 0.3) is 5.91 Å². The van der Waals surface area contributed by atoms with Gasteiger partial charge < -0.3 is 15.8 Å². The topological polar surface area (TPSA) is 77.2 Å². The molecule has 2 rings (SSSR count). The number of hydrogen-bond acceptors (Lipinski definition) is 5. The fourth-order valence-electron chi connectivity index (χ4n) is 1.79. The molecule has 0 aliphatic rings. The number of amides is 1. The minimum atomic E-state index is -0.186. The van der Waals surface area contributed by atoms with Crippen molar-refractivity contribution >= 4 is 52.9 Å². The second-order valence-corrected chi connectivity index (χ2v) is 6.48. The number of carbonyl (C=O) groups is 1. The first-order valence-corrected chi connectivity index (χ1v) is 8.74. The van der Waals surface area contributed by atoms with E-state index in [0.717, 1.165) is 5.01 Å². The smallest absolute Gasteiger partial charge is 0.270 e. The summed E-state index contributed by atoms with van der Waals surface area (Å²) in [6.07, 6.45) is 1.35. The van der Waals surface area contributed by atoms with Crippen LogP contribution >= 0.6 is 46.9 Å². The van der Waals surface area contributed by atoms with Crippen LogP contribution in [0.3, 0.4) is 0 Å². The van der Waals surface area contributed by atoms with E-state index in [2.05, 4.69) is 10.3 Å². The van der Waals surface area contributed by atoms with E-state index in [1.807, 2.05) is 0 Å². The molecule has 0 saturated carbocycles. The zero-order valence-electron chi connectivity index (χ0n) is 12.8. The van der Waals surface area contributed by atoms with Crippen LogP contribution in [0.2, 0.25) is 10.0 Å². The van der Waals surface area contributed by atoms with E-state index in [4.69, 9.17) is 33.7 Å². The number of nitrogens with two attached hydrogens (primary N) is 1. The first-order valence-electron chi connectivity index (χ1n) is 7.10. The van der Waals surface area contributed by atoms with Gasteiger partial charge in [-0.15, -0.1) is 23.7 Å². The molecule has 0 atom stereocenters. The fourth-order valence-corrected chi connectivity index (χ4v) is 3.05. The maximum absolute atomic E-state index is 11.9. The quantitative estimate of drug-likeness (QED) is 0.652. The molecule has 0 fully saturated rings. The molecule has 132 valence electrons. The molecular formula is C15H18Cl3N3O2S. The Labute approximate surface area is 160 Å². The second-order valence-electron chi connectivity index (χ2n) is 4.70. The maximum Gasteiger partial charge on any atom is 0.270 e. The van der Waals surface area contributed by atoms with Crippen LogP contribution in [0.15, 0.2) is 23.6 Å². The van der Waals surface area contributed by atoms with E-state index in [1.165, 1.54) is 11.3 Å². The average Bonchev–Trinajstić information content (AvgIpc) is 2.98. The summed E-state index contributed by atoms with van der Waals surface area (Å²) >= 11 is 13.3. The summed E-state index contributed by atoms with van der Waals surface area (Å²) in [5, 5.41) is 6.45. The molecule has 24 heavy (non-hydrogen) atoms. The molecule has 1 aromatic carbocycles. The zero-order chi connectivity index (χ0) is 16.7. The number of ether oxygens (including phenoxy) is 1. The molecule has 2 aromatic rings. The third-order valence-electron chi connectivity index (χ3n) is 2.90. The first-order chi connectivity index (χ1) is 11.1. The summed E-state index contributed by atoms with van der Waals surface area (Å²) < 4.78 is 5.55. The first kappa shape index (κ1) is 21.0. The molecule has 1 amide bonds. The summed E-state index contributed by atoms with van der Waals surface area (Å²) in [5.41, 5.74) is 5.89. The number of carbonyl (C=O) groups excluding carboxylic acids is 1. The Morgan fingerprint density at radius 3 is 2.88 bits per heavy atom. The van der Waals surface area contributed by atoms with Crippen LogP contribution in [0.5, 0.6) is 5.75 Å². The molecule has 3 N–H and O–H groups in total. The molecule has 1 aromatic heterocycles. The van der Waals surface area contributed by atoms with Gasteiger partial charge in [-0.1, -0.05) is 23.2 Å². The fraction of sp³-hybridized carbons (Fsp3) is 0.333. The lowest BCUT2D eigenvalue weighted by atomic mass is 10.3. The molecular weight excluding hydrogens is 393 g/mol. The van der Waals surface area contributed by atoms with Gasteiger partial charge in [-0.2, -0.15) is 0 Å². The Kier molecular flexibility index (Phi) is 9.39. The SMILES string of the molecule is Cl.NCCc1nc(C(=O)NCCCOc2ccc(Cl)cc2Cl)cs1. The Hall–Kier alpha value is -1.05. The zero-order valence-corrected chi connectivity index (χ0v) is 15.9. The van der Waals surface area contributed by atoms with E-state index in [9.17, 15) is 4.79 Å². The third-order valence-corrected chi connectivity index (χ3v) is 4.34. The summed E-state index contributed by atoms with van der Waals surface area (Å²) in [7, 11) is 0. The summed E-state index contributed by atoms with van der Waals surface area (Å²) in [6.45, 7) is 1.46. The van der Waals surface area contributed by atoms with Gasteiger partial charge in [0.15, 0.2) is 0 Å². The van der Waals surface area contributed by atoms with Crippen molar-refractivity contribution in [3.05, 3.63) is 44.3 Å². The van der Waals surface area contributed by atoms with Gasteiger partial charge in [0.2, 0.25) is 0 Å². The van der Waals surface area contributed by atoms with Gasteiger partial charge in [0.1, 0.15) is 11.4 Å². The molecule has 0 bridgehead atoms. The third kappa shape index (κ3) is 6.45. The highest BCUT2D eigenvalue weighted by Gasteiger charge is 2.09. The molecule has 1 heterocycles. The lowest BCUT2D eigenvalue weighted by molar-refractivity contribution is 0.0947. The van der Waals surface area contributed by atoms with Crippen LogP contribution in [0.4, 0.5) is 0 Å². The number of rotatable bonds is 8. The van der Waals surface area contributed by atoms with Crippen LogP contribution in [-0.2, 0) is 6.42 Å². The van der Waals surface area contributed by atoms with Gasteiger partial charge >= 0.3 is 0 Å². The van der Waals surface area contributed by atoms with E-state index in [1.54, 1.807) is 23.6 Å². The highest BCUT2D eigenvalue weighted by molar-refractivity contribution is 7.09. The van der Waals surface area contributed by atoms with E-state index < -0.39 is 0 Å². The summed E-state index contributed by atoms with van der Waals surface area (Å²) in [4.78, 5) is 16.1. The molecule has 0 spiro atoms. The van der Waals surface area contributed by atoms with Gasteiger partial charge in [-0.25, -0.2) is 4.98 Å². The van der Waals surface area contributed by atoms with Gasteiger partial charge in [-0.3, -0.25) is 4.79 Å². The maximum atomic E-state index is 11.9. The highest BCUT2D eigenvalue weighted by atomic mass is 35.5. The van der Waals surface area contributed by atoms with E-state index in [-0.39, 0.29) is 18.3 Å². The molecule has 0 saturated heterocycles. The van der Waals surface area contributed by atoms with Crippen molar-refractivity contribution in [1.82, 2.24) is 10.3 Å². The van der Waals surface area contributed by atoms with Crippen LogP contribution in [-0.4, -0.2) is 30.6 Å². The van der Waals surface area contributed by atoms with Crippen LogP contribution in [0.25, 0.3) is 0 Å². The molecule has 0 radical (unpaired) electrons. The largest absolute Gasteiger partial charge is 0.492 e. The molecule has 9 heteroatoms. The predicted octanol–water partition coefficient (Wildman–Crippen LogP) is 3.57. The van der Waals surface area contributed by atoms with Crippen molar-refractivity contribution in [2.24, 2.45) is 5.73 Å². The Balaban J connectivity index is 0.00000288. The number of benzene rings is 1. The van der Waals surface area contributed by atoms with Crippen molar-refractivity contribution in [3.63, 3.8) is 0 Å². The lowest BCUT2D eigenvalue weighted by Gasteiger charge is -2.08. The number of nitrogens with zero attached hydrogens (tertiary/aromatic N) is 1. The Morgan fingerprint density at radius 1 is 1.38 bits per heavy atom. The molecule has 5 nitrogen and oxygen atoms in total. The minimum absolute atomic E-state index is 0. The number of halogens is 3. The lowest BCUT2D eigenvalue weighted by Crippen LogP contribution is -2.26.